The Morgan fingerprint density at radius 1 is 1.37 bits per heavy atom. The molecule has 0 saturated carbocycles. The normalized spacial score (nSPS) is 20.4. The molecule has 0 bridgehead atoms. The fourth-order valence-corrected chi connectivity index (χ4v) is 2.88. The Morgan fingerprint density at radius 2 is 2.16 bits per heavy atom. The van der Waals surface area contributed by atoms with Crippen molar-refractivity contribution >= 4 is 5.82 Å². The van der Waals surface area contributed by atoms with Crippen LogP contribution in [-0.4, -0.2) is 29.0 Å². The lowest BCUT2D eigenvalue weighted by atomic mass is 10.0. The van der Waals surface area contributed by atoms with E-state index < -0.39 is 0 Å². The molecule has 2 heterocycles. The molecule has 0 spiro atoms. The summed E-state index contributed by atoms with van der Waals surface area (Å²) < 4.78 is 0. The lowest BCUT2D eigenvalue weighted by molar-refractivity contribution is 0.206. The lowest BCUT2D eigenvalue weighted by Gasteiger charge is -2.29. The number of nitrogens with one attached hydrogen (secondary N) is 1. The van der Waals surface area contributed by atoms with Crippen LogP contribution in [-0.2, 0) is 0 Å². The molecule has 1 fully saturated rings. The Balaban J connectivity index is 2.19. The van der Waals surface area contributed by atoms with Gasteiger partial charge in [0.05, 0.1) is 0 Å². The molecule has 0 aliphatic carbocycles. The Labute approximate surface area is 117 Å². The molecule has 0 radical (unpaired) electrons. The molecule has 1 aliphatic heterocycles. The first kappa shape index (κ1) is 14.3. The molecule has 1 aromatic rings. The second-order valence-corrected chi connectivity index (χ2v) is 6.21. The van der Waals surface area contributed by atoms with Crippen molar-refractivity contribution in [3.8, 4) is 0 Å². The summed E-state index contributed by atoms with van der Waals surface area (Å²) >= 11 is 0. The summed E-state index contributed by atoms with van der Waals surface area (Å²) in [4.78, 5) is 7.15. The van der Waals surface area contributed by atoms with Crippen LogP contribution in [0.5, 0.6) is 0 Å². The summed E-state index contributed by atoms with van der Waals surface area (Å²) in [5, 5.41) is 3.51. The van der Waals surface area contributed by atoms with Gasteiger partial charge in [-0.1, -0.05) is 19.9 Å². The van der Waals surface area contributed by atoms with Gasteiger partial charge >= 0.3 is 0 Å². The summed E-state index contributed by atoms with van der Waals surface area (Å²) in [6.07, 6.45) is 4.43. The molecule has 2 rings (SSSR count). The Bertz CT molecular complexity index is 401. The highest BCUT2D eigenvalue weighted by Crippen LogP contribution is 2.36. The molecule has 1 saturated heterocycles. The van der Waals surface area contributed by atoms with Gasteiger partial charge in [0.25, 0.3) is 0 Å². The summed E-state index contributed by atoms with van der Waals surface area (Å²) in [5.41, 5.74) is 1.37. The zero-order chi connectivity index (χ0) is 13.8. The van der Waals surface area contributed by atoms with Crippen LogP contribution in [0.3, 0.4) is 0 Å². The Hall–Kier alpha value is -1.09. The molecular weight excluding hydrogens is 234 g/mol. The summed E-state index contributed by atoms with van der Waals surface area (Å²) in [7, 11) is 0. The fourth-order valence-electron chi connectivity index (χ4n) is 2.88. The molecule has 1 atom stereocenters. The molecule has 3 heteroatoms. The highest BCUT2D eigenvalue weighted by atomic mass is 15.2. The molecule has 0 unspecified atom stereocenters. The van der Waals surface area contributed by atoms with E-state index >= 15 is 0 Å². The fraction of sp³-hybridized carbons (Fsp3) is 0.688. The number of pyridine rings is 1. The average Bonchev–Trinajstić information content (AvgIpc) is 2.85. The lowest BCUT2D eigenvalue weighted by Crippen LogP contribution is -2.30. The van der Waals surface area contributed by atoms with Crippen molar-refractivity contribution in [2.45, 2.75) is 52.6 Å². The van der Waals surface area contributed by atoms with Crippen LogP contribution in [0, 0.1) is 5.92 Å². The van der Waals surface area contributed by atoms with E-state index in [1.807, 2.05) is 6.20 Å². The molecule has 0 aromatic carbocycles. The number of hydrogen-bond donors (Lipinski definition) is 1. The number of rotatable bonds is 5. The topological polar surface area (TPSA) is 28.2 Å². The van der Waals surface area contributed by atoms with E-state index in [2.05, 4.69) is 55.0 Å². The SMILES string of the molecule is CC(C)CNc1ncccc1[C@H]1CCCN1C(C)C. The van der Waals surface area contributed by atoms with E-state index in [4.69, 9.17) is 0 Å². The quantitative estimate of drug-likeness (QED) is 0.876. The zero-order valence-corrected chi connectivity index (χ0v) is 12.7. The molecule has 1 aliphatic rings. The summed E-state index contributed by atoms with van der Waals surface area (Å²) in [6, 6.07) is 5.43. The highest BCUT2D eigenvalue weighted by molar-refractivity contribution is 5.46. The van der Waals surface area contributed by atoms with Crippen LogP contribution in [0.2, 0.25) is 0 Å². The van der Waals surface area contributed by atoms with Crippen molar-refractivity contribution in [1.82, 2.24) is 9.88 Å². The van der Waals surface area contributed by atoms with Gasteiger partial charge in [0, 0.05) is 30.4 Å². The van der Waals surface area contributed by atoms with E-state index in [1.54, 1.807) is 0 Å². The minimum absolute atomic E-state index is 0.531. The standard InChI is InChI=1S/C16H27N3/c1-12(2)11-18-16-14(7-5-9-17-16)15-8-6-10-19(15)13(3)4/h5,7,9,12-13,15H,6,8,10-11H2,1-4H3,(H,17,18)/t15-/m1/s1. The first-order valence-corrected chi connectivity index (χ1v) is 7.54. The summed E-state index contributed by atoms with van der Waals surface area (Å²) in [6.45, 7) is 11.2. The molecule has 0 amide bonds. The van der Waals surface area contributed by atoms with Crippen LogP contribution >= 0.6 is 0 Å². The Kier molecular flexibility index (Phi) is 4.81. The monoisotopic (exact) mass is 261 g/mol. The molecule has 1 aromatic heterocycles. The third kappa shape index (κ3) is 3.47. The average molecular weight is 261 g/mol. The van der Waals surface area contributed by atoms with E-state index in [9.17, 15) is 0 Å². The number of hydrogen-bond acceptors (Lipinski definition) is 3. The second-order valence-electron chi connectivity index (χ2n) is 6.21. The van der Waals surface area contributed by atoms with Crippen molar-refractivity contribution in [1.29, 1.82) is 0 Å². The van der Waals surface area contributed by atoms with Gasteiger partial charge in [0.2, 0.25) is 0 Å². The van der Waals surface area contributed by atoms with Crippen molar-refractivity contribution in [2.24, 2.45) is 5.92 Å². The van der Waals surface area contributed by atoms with Gasteiger partial charge in [-0.15, -0.1) is 0 Å². The van der Waals surface area contributed by atoms with Gasteiger partial charge in [-0.2, -0.15) is 0 Å². The second kappa shape index (κ2) is 6.38. The molecule has 3 nitrogen and oxygen atoms in total. The molecular formula is C16H27N3. The smallest absolute Gasteiger partial charge is 0.130 e. The van der Waals surface area contributed by atoms with Gasteiger partial charge in [0.1, 0.15) is 5.82 Å². The predicted molar refractivity (Wildman–Crippen MR) is 81.4 cm³/mol. The van der Waals surface area contributed by atoms with E-state index in [0.29, 0.717) is 18.0 Å². The number of nitrogens with zero attached hydrogens (tertiary/aromatic N) is 2. The van der Waals surface area contributed by atoms with Crippen LogP contribution in [0.1, 0.15) is 52.1 Å². The van der Waals surface area contributed by atoms with Crippen molar-refractivity contribution in [2.75, 3.05) is 18.4 Å². The van der Waals surface area contributed by atoms with E-state index in [-0.39, 0.29) is 0 Å². The maximum atomic E-state index is 4.55. The van der Waals surface area contributed by atoms with Crippen molar-refractivity contribution in [3.05, 3.63) is 23.9 Å². The molecule has 19 heavy (non-hydrogen) atoms. The largest absolute Gasteiger partial charge is 0.370 e. The molecule has 106 valence electrons. The predicted octanol–water partition coefficient (Wildman–Crippen LogP) is 3.69. The maximum absolute atomic E-state index is 4.55. The van der Waals surface area contributed by atoms with E-state index in [0.717, 1.165) is 12.4 Å². The van der Waals surface area contributed by atoms with Crippen LogP contribution < -0.4 is 5.32 Å². The number of aromatic nitrogens is 1. The van der Waals surface area contributed by atoms with Crippen molar-refractivity contribution < 1.29 is 0 Å². The number of anilines is 1. The maximum Gasteiger partial charge on any atom is 0.130 e. The van der Waals surface area contributed by atoms with Crippen LogP contribution in [0.25, 0.3) is 0 Å². The van der Waals surface area contributed by atoms with Gasteiger partial charge in [-0.25, -0.2) is 4.98 Å². The van der Waals surface area contributed by atoms with Crippen LogP contribution in [0.15, 0.2) is 18.3 Å². The van der Waals surface area contributed by atoms with E-state index in [1.165, 1.54) is 24.9 Å². The van der Waals surface area contributed by atoms with Gasteiger partial charge in [-0.3, -0.25) is 4.90 Å². The minimum atomic E-state index is 0.531. The third-order valence-corrected chi connectivity index (χ3v) is 3.83. The van der Waals surface area contributed by atoms with Gasteiger partial charge < -0.3 is 5.32 Å². The number of likely N-dealkylation sites (tertiary alicyclic amines) is 1. The van der Waals surface area contributed by atoms with Crippen molar-refractivity contribution in [3.63, 3.8) is 0 Å². The van der Waals surface area contributed by atoms with Crippen LogP contribution in [0.4, 0.5) is 5.82 Å². The zero-order valence-electron chi connectivity index (χ0n) is 12.7. The minimum Gasteiger partial charge on any atom is -0.370 e. The first-order chi connectivity index (χ1) is 9.09. The summed E-state index contributed by atoms with van der Waals surface area (Å²) in [5.74, 6) is 1.72. The van der Waals surface area contributed by atoms with Gasteiger partial charge in [-0.05, 0) is 45.2 Å². The Morgan fingerprint density at radius 3 is 2.84 bits per heavy atom. The third-order valence-electron chi connectivity index (χ3n) is 3.83. The van der Waals surface area contributed by atoms with Gasteiger partial charge in [0.15, 0.2) is 0 Å². The first-order valence-electron chi connectivity index (χ1n) is 7.54. The highest BCUT2D eigenvalue weighted by Gasteiger charge is 2.29. The molecule has 1 N–H and O–H groups in total.